The SMILES string of the molecule is Cc1c(C(F)(F)F)cnc(CCc2ccc(CS(=O)(=O)C(C)(C)C)cc2)c1C. The van der Waals surface area contributed by atoms with E-state index in [1.807, 2.05) is 12.1 Å². The molecule has 154 valence electrons. The van der Waals surface area contributed by atoms with Crippen LogP contribution in [0, 0.1) is 13.8 Å². The summed E-state index contributed by atoms with van der Waals surface area (Å²) in [7, 11) is -3.25. The third-order valence-electron chi connectivity index (χ3n) is 5.02. The molecule has 0 saturated heterocycles. The van der Waals surface area contributed by atoms with Crippen LogP contribution in [0.1, 0.15) is 54.3 Å². The first-order valence-electron chi connectivity index (χ1n) is 9.05. The molecule has 3 nitrogen and oxygen atoms in total. The summed E-state index contributed by atoms with van der Waals surface area (Å²) < 4.78 is 62.7. The van der Waals surface area contributed by atoms with Crippen molar-refractivity contribution in [2.24, 2.45) is 0 Å². The normalized spacial score (nSPS) is 13.0. The molecule has 0 amide bonds. The number of nitrogens with zero attached hydrogens (tertiary/aromatic N) is 1. The van der Waals surface area contributed by atoms with Crippen molar-refractivity contribution in [1.82, 2.24) is 4.98 Å². The molecule has 0 unspecified atom stereocenters. The van der Waals surface area contributed by atoms with Gasteiger partial charge >= 0.3 is 6.18 Å². The number of hydrogen-bond donors (Lipinski definition) is 0. The predicted molar refractivity (Wildman–Crippen MR) is 105 cm³/mol. The van der Waals surface area contributed by atoms with Gasteiger partial charge in [-0.15, -0.1) is 0 Å². The van der Waals surface area contributed by atoms with Crippen molar-refractivity contribution in [2.75, 3.05) is 0 Å². The number of rotatable bonds is 5. The number of benzene rings is 1. The van der Waals surface area contributed by atoms with Crippen LogP contribution < -0.4 is 0 Å². The first kappa shape index (κ1) is 22.4. The maximum atomic E-state index is 13.0. The van der Waals surface area contributed by atoms with Crippen LogP contribution in [0.4, 0.5) is 13.2 Å². The van der Waals surface area contributed by atoms with Gasteiger partial charge in [-0.1, -0.05) is 24.3 Å². The molecule has 0 aliphatic carbocycles. The van der Waals surface area contributed by atoms with E-state index in [9.17, 15) is 21.6 Å². The molecule has 0 aliphatic heterocycles. The monoisotopic (exact) mass is 413 g/mol. The van der Waals surface area contributed by atoms with Crippen LogP contribution >= 0.6 is 0 Å². The minimum atomic E-state index is -4.40. The van der Waals surface area contributed by atoms with Crippen LogP contribution in [0.3, 0.4) is 0 Å². The molecule has 0 aliphatic rings. The zero-order valence-electron chi connectivity index (χ0n) is 16.8. The van der Waals surface area contributed by atoms with Crippen LogP contribution in [0.25, 0.3) is 0 Å². The van der Waals surface area contributed by atoms with Crippen molar-refractivity contribution in [2.45, 2.75) is 64.1 Å². The van der Waals surface area contributed by atoms with Gasteiger partial charge in [0.25, 0.3) is 0 Å². The zero-order valence-corrected chi connectivity index (χ0v) is 17.6. The second kappa shape index (κ2) is 7.85. The summed E-state index contributed by atoms with van der Waals surface area (Å²) in [6.45, 7) is 8.16. The summed E-state index contributed by atoms with van der Waals surface area (Å²) in [5.41, 5.74) is 2.42. The quantitative estimate of drug-likeness (QED) is 0.676. The van der Waals surface area contributed by atoms with Crippen molar-refractivity contribution in [1.29, 1.82) is 0 Å². The minimum Gasteiger partial charge on any atom is -0.260 e. The molecule has 0 spiro atoms. The molecule has 7 heteroatoms. The lowest BCUT2D eigenvalue weighted by atomic mass is 9.99. The number of halogens is 3. The number of alkyl halides is 3. The molecule has 1 aromatic carbocycles. The Kier molecular flexibility index (Phi) is 6.28. The van der Waals surface area contributed by atoms with E-state index in [0.717, 1.165) is 17.3 Å². The zero-order chi connectivity index (χ0) is 21.3. The molecule has 0 saturated carbocycles. The van der Waals surface area contributed by atoms with E-state index in [2.05, 4.69) is 4.98 Å². The Morgan fingerprint density at radius 1 is 0.893 bits per heavy atom. The van der Waals surface area contributed by atoms with Gasteiger partial charge in [-0.25, -0.2) is 8.42 Å². The average molecular weight is 414 g/mol. The fraction of sp³-hybridized carbons (Fsp3) is 0.476. The smallest absolute Gasteiger partial charge is 0.260 e. The summed E-state index contributed by atoms with van der Waals surface area (Å²) in [6, 6.07) is 7.30. The molecular formula is C21H26F3NO2S. The highest BCUT2D eigenvalue weighted by Gasteiger charge is 2.33. The maximum absolute atomic E-state index is 13.0. The van der Waals surface area contributed by atoms with Gasteiger partial charge in [0, 0.05) is 11.9 Å². The highest BCUT2D eigenvalue weighted by molar-refractivity contribution is 7.91. The lowest BCUT2D eigenvalue weighted by molar-refractivity contribution is -0.138. The highest BCUT2D eigenvalue weighted by atomic mass is 32.2. The molecule has 0 radical (unpaired) electrons. The fourth-order valence-corrected chi connectivity index (χ4v) is 3.86. The molecule has 0 fully saturated rings. The molecule has 0 atom stereocenters. The van der Waals surface area contributed by atoms with E-state index >= 15 is 0 Å². The Labute approximate surface area is 164 Å². The lowest BCUT2D eigenvalue weighted by Crippen LogP contribution is -2.29. The summed E-state index contributed by atoms with van der Waals surface area (Å²) in [5, 5.41) is 0. The second-order valence-corrected chi connectivity index (χ2v) is 10.8. The fourth-order valence-electron chi connectivity index (χ4n) is 2.79. The number of hydrogen-bond acceptors (Lipinski definition) is 3. The number of aromatic nitrogens is 1. The lowest BCUT2D eigenvalue weighted by Gasteiger charge is -2.19. The topological polar surface area (TPSA) is 47.0 Å². The Hall–Kier alpha value is -1.89. The number of sulfone groups is 1. The van der Waals surface area contributed by atoms with E-state index in [1.165, 1.54) is 6.92 Å². The number of pyridine rings is 1. The molecule has 28 heavy (non-hydrogen) atoms. The van der Waals surface area contributed by atoms with Gasteiger partial charge in [-0.2, -0.15) is 13.2 Å². The Morgan fingerprint density at radius 3 is 1.93 bits per heavy atom. The van der Waals surface area contributed by atoms with Gasteiger partial charge in [0.1, 0.15) is 0 Å². The Morgan fingerprint density at radius 2 is 1.43 bits per heavy atom. The summed E-state index contributed by atoms with van der Waals surface area (Å²) in [4.78, 5) is 4.01. The van der Waals surface area contributed by atoms with E-state index in [0.29, 0.717) is 24.1 Å². The molecule has 2 aromatic rings. The molecule has 0 N–H and O–H groups in total. The van der Waals surface area contributed by atoms with Crippen LogP contribution in [0.2, 0.25) is 0 Å². The van der Waals surface area contributed by atoms with E-state index in [1.54, 1.807) is 39.8 Å². The number of aryl methyl sites for hydroxylation is 2. The molecule has 1 aromatic heterocycles. The Bertz CT molecular complexity index is 941. The van der Waals surface area contributed by atoms with Crippen molar-refractivity contribution in [3.63, 3.8) is 0 Å². The van der Waals surface area contributed by atoms with Gasteiger partial charge in [-0.3, -0.25) is 4.98 Å². The predicted octanol–water partition coefficient (Wildman–Crippen LogP) is 5.22. The van der Waals surface area contributed by atoms with Gasteiger partial charge in [-0.05, 0) is 69.7 Å². The van der Waals surface area contributed by atoms with Crippen LogP contribution in [-0.4, -0.2) is 18.1 Å². The molecular weight excluding hydrogens is 387 g/mol. The van der Waals surface area contributed by atoms with Crippen LogP contribution in [-0.2, 0) is 34.6 Å². The van der Waals surface area contributed by atoms with Crippen molar-refractivity contribution < 1.29 is 21.6 Å². The first-order valence-corrected chi connectivity index (χ1v) is 10.7. The van der Waals surface area contributed by atoms with Gasteiger partial charge in [0.15, 0.2) is 9.84 Å². The molecule has 2 rings (SSSR count). The summed E-state index contributed by atoms with van der Waals surface area (Å²) in [5.74, 6) is -0.0183. The Balaban J connectivity index is 2.09. The summed E-state index contributed by atoms with van der Waals surface area (Å²) >= 11 is 0. The summed E-state index contributed by atoms with van der Waals surface area (Å²) in [6.07, 6.45) is -2.36. The van der Waals surface area contributed by atoms with Crippen molar-refractivity contribution >= 4 is 9.84 Å². The molecule has 1 heterocycles. The average Bonchev–Trinajstić information content (AvgIpc) is 2.55. The van der Waals surface area contributed by atoms with Gasteiger partial charge < -0.3 is 0 Å². The first-order chi connectivity index (χ1) is 12.7. The van der Waals surface area contributed by atoms with E-state index < -0.39 is 26.3 Å². The van der Waals surface area contributed by atoms with E-state index in [4.69, 9.17) is 0 Å². The highest BCUT2D eigenvalue weighted by Crippen LogP contribution is 2.33. The van der Waals surface area contributed by atoms with Gasteiger partial charge in [0.05, 0.1) is 16.1 Å². The largest absolute Gasteiger partial charge is 0.418 e. The van der Waals surface area contributed by atoms with Crippen molar-refractivity contribution in [3.05, 3.63) is 64.0 Å². The third-order valence-corrected chi connectivity index (χ3v) is 7.60. The van der Waals surface area contributed by atoms with Crippen LogP contribution in [0.5, 0.6) is 0 Å². The van der Waals surface area contributed by atoms with Crippen molar-refractivity contribution in [3.8, 4) is 0 Å². The van der Waals surface area contributed by atoms with Gasteiger partial charge in [0.2, 0.25) is 0 Å². The minimum absolute atomic E-state index is 0.0183. The standard InChI is InChI=1S/C21H26F3NO2S/c1-14-15(2)19(25-12-18(14)21(22,23)24)11-10-16-6-8-17(9-7-16)13-28(26,27)20(3,4)5/h6-9,12H,10-11,13H2,1-5H3. The van der Waals surface area contributed by atoms with E-state index in [-0.39, 0.29) is 11.3 Å². The van der Waals surface area contributed by atoms with Crippen LogP contribution in [0.15, 0.2) is 30.5 Å². The second-order valence-electron chi connectivity index (χ2n) is 8.05. The maximum Gasteiger partial charge on any atom is 0.418 e. The molecule has 0 bridgehead atoms. The third kappa shape index (κ3) is 5.13.